The third-order valence-corrected chi connectivity index (χ3v) is 9.51. The molecule has 0 aliphatic heterocycles. The van der Waals surface area contributed by atoms with Crippen LogP contribution in [0.25, 0.3) is 0 Å². The van der Waals surface area contributed by atoms with Crippen molar-refractivity contribution in [2.75, 3.05) is 0 Å². The summed E-state index contributed by atoms with van der Waals surface area (Å²) < 4.78 is 23.4. The molecule has 6 heteroatoms. The molecule has 0 saturated heterocycles. The van der Waals surface area contributed by atoms with Crippen molar-refractivity contribution in [3.8, 4) is 23.0 Å². The average molecular weight is 679 g/mol. The predicted molar refractivity (Wildman–Crippen MR) is 201 cm³/mol. The standard InChI is InChI=1S/C44H54O6/c1-12-13-31(6)47-39-24-18-35(26-29(39)4)44(10,11)36-19-25-40(30(5)27-36)50-42(46)32(7)48-37-20-14-33(15-21-37)43(8,9)34-16-22-38(23-17-34)49-41(45)28(2)3/h14-28,31-32H,12-13H2,1-11H3. The van der Waals surface area contributed by atoms with E-state index in [9.17, 15) is 9.59 Å². The zero-order valence-electron chi connectivity index (χ0n) is 31.7. The summed E-state index contributed by atoms with van der Waals surface area (Å²) in [5.41, 5.74) is 5.87. The van der Waals surface area contributed by atoms with Gasteiger partial charge in [-0.1, -0.05) is 103 Å². The van der Waals surface area contributed by atoms with E-state index in [1.807, 2.05) is 81.4 Å². The lowest BCUT2D eigenvalue weighted by Crippen LogP contribution is -2.29. The van der Waals surface area contributed by atoms with Crippen LogP contribution in [0.15, 0.2) is 84.9 Å². The monoisotopic (exact) mass is 678 g/mol. The van der Waals surface area contributed by atoms with E-state index in [1.165, 1.54) is 5.56 Å². The Balaban J connectivity index is 1.38. The molecule has 266 valence electrons. The highest BCUT2D eigenvalue weighted by Gasteiger charge is 2.27. The van der Waals surface area contributed by atoms with Gasteiger partial charge < -0.3 is 18.9 Å². The molecule has 50 heavy (non-hydrogen) atoms. The minimum atomic E-state index is -0.811. The van der Waals surface area contributed by atoms with Crippen LogP contribution in [0.5, 0.6) is 23.0 Å². The fourth-order valence-electron chi connectivity index (χ4n) is 5.91. The van der Waals surface area contributed by atoms with E-state index in [0.717, 1.165) is 46.4 Å². The minimum Gasteiger partial charge on any atom is -0.490 e. The van der Waals surface area contributed by atoms with Gasteiger partial charge in [-0.2, -0.15) is 0 Å². The van der Waals surface area contributed by atoms with Crippen molar-refractivity contribution in [3.05, 3.63) is 118 Å². The van der Waals surface area contributed by atoms with Crippen molar-refractivity contribution in [3.63, 3.8) is 0 Å². The maximum Gasteiger partial charge on any atom is 0.352 e. The molecule has 0 amide bonds. The molecule has 0 N–H and O–H groups in total. The second-order valence-corrected chi connectivity index (χ2v) is 14.7. The molecule has 0 bridgehead atoms. The number of esters is 2. The van der Waals surface area contributed by atoms with E-state index in [4.69, 9.17) is 18.9 Å². The van der Waals surface area contributed by atoms with Crippen molar-refractivity contribution in [2.45, 2.75) is 112 Å². The van der Waals surface area contributed by atoms with Gasteiger partial charge in [0, 0.05) is 10.8 Å². The molecule has 0 aliphatic rings. The van der Waals surface area contributed by atoms with Crippen LogP contribution in [0, 0.1) is 19.8 Å². The number of rotatable bonds is 14. The number of carbonyl (C=O) groups excluding carboxylic acids is 2. The normalized spacial score (nSPS) is 13.0. The maximum atomic E-state index is 13.1. The van der Waals surface area contributed by atoms with Crippen LogP contribution < -0.4 is 18.9 Å². The summed E-state index contributed by atoms with van der Waals surface area (Å²) in [5.74, 6) is 1.63. The van der Waals surface area contributed by atoms with E-state index in [-0.39, 0.29) is 28.8 Å². The van der Waals surface area contributed by atoms with Gasteiger partial charge in [0.15, 0.2) is 6.10 Å². The number of hydrogen-bond donors (Lipinski definition) is 0. The lowest BCUT2D eigenvalue weighted by Gasteiger charge is -2.28. The number of benzene rings is 4. The topological polar surface area (TPSA) is 71.1 Å². The van der Waals surface area contributed by atoms with Crippen LogP contribution in [0.2, 0.25) is 0 Å². The van der Waals surface area contributed by atoms with Gasteiger partial charge in [-0.15, -0.1) is 0 Å². The third-order valence-electron chi connectivity index (χ3n) is 9.51. The highest BCUT2D eigenvalue weighted by atomic mass is 16.6. The summed E-state index contributed by atoms with van der Waals surface area (Å²) in [5, 5.41) is 0. The molecule has 0 aromatic heterocycles. The molecule has 2 unspecified atom stereocenters. The number of carbonyl (C=O) groups is 2. The first-order valence-electron chi connectivity index (χ1n) is 17.7. The Morgan fingerprint density at radius 3 is 1.52 bits per heavy atom. The van der Waals surface area contributed by atoms with Gasteiger partial charge in [0.25, 0.3) is 0 Å². The Kier molecular flexibility index (Phi) is 12.2. The quantitative estimate of drug-likeness (QED) is 0.0976. The molecule has 4 aromatic carbocycles. The van der Waals surface area contributed by atoms with Crippen molar-refractivity contribution >= 4 is 11.9 Å². The first-order valence-corrected chi connectivity index (χ1v) is 17.7. The summed E-state index contributed by atoms with van der Waals surface area (Å²) in [7, 11) is 0. The van der Waals surface area contributed by atoms with Crippen LogP contribution in [-0.2, 0) is 20.4 Å². The molecular formula is C44H54O6. The van der Waals surface area contributed by atoms with Crippen LogP contribution in [0.1, 0.15) is 109 Å². The zero-order valence-corrected chi connectivity index (χ0v) is 31.7. The molecule has 0 fully saturated rings. The van der Waals surface area contributed by atoms with Gasteiger partial charge in [0.1, 0.15) is 23.0 Å². The minimum absolute atomic E-state index is 0.183. The molecule has 0 spiro atoms. The smallest absolute Gasteiger partial charge is 0.352 e. The lowest BCUT2D eigenvalue weighted by atomic mass is 9.77. The van der Waals surface area contributed by atoms with Crippen LogP contribution in [0.4, 0.5) is 0 Å². The average Bonchev–Trinajstić information content (AvgIpc) is 3.07. The molecule has 6 nitrogen and oxygen atoms in total. The number of ether oxygens (including phenoxy) is 4. The molecule has 0 radical (unpaired) electrons. The number of aryl methyl sites for hydroxylation is 2. The second-order valence-electron chi connectivity index (χ2n) is 14.7. The van der Waals surface area contributed by atoms with Crippen molar-refractivity contribution in [1.82, 2.24) is 0 Å². The summed E-state index contributed by atoms with van der Waals surface area (Å²) in [4.78, 5) is 25.1. The van der Waals surface area contributed by atoms with Crippen LogP contribution in [0.3, 0.4) is 0 Å². The molecule has 0 saturated carbocycles. The van der Waals surface area contributed by atoms with Gasteiger partial charge in [0.05, 0.1) is 12.0 Å². The Bertz CT molecular complexity index is 1770. The van der Waals surface area contributed by atoms with Gasteiger partial charge in [-0.05, 0) is 104 Å². The Labute approximate surface area is 299 Å². The van der Waals surface area contributed by atoms with E-state index in [1.54, 1.807) is 6.92 Å². The summed E-state index contributed by atoms with van der Waals surface area (Å²) in [6.45, 7) is 22.3. The van der Waals surface area contributed by atoms with Gasteiger partial charge >= 0.3 is 11.9 Å². The number of hydrogen-bond acceptors (Lipinski definition) is 6. The molecule has 2 atom stereocenters. The SMILES string of the molecule is CCCC(C)Oc1ccc(C(C)(C)c2ccc(OC(=O)C(C)Oc3ccc(C(C)(C)c4ccc(OC(=O)C(C)C)cc4)cc3)c(C)c2)cc1C. The maximum absolute atomic E-state index is 13.1. The second kappa shape index (κ2) is 16.0. The summed E-state index contributed by atoms with van der Waals surface area (Å²) in [6, 6.07) is 27.7. The third kappa shape index (κ3) is 9.15. The van der Waals surface area contributed by atoms with Crippen molar-refractivity contribution in [2.24, 2.45) is 5.92 Å². The van der Waals surface area contributed by atoms with Gasteiger partial charge in [-0.25, -0.2) is 4.79 Å². The van der Waals surface area contributed by atoms with Gasteiger partial charge in [0.2, 0.25) is 0 Å². The van der Waals surface area contributed by atoms with Crippen molar-refractivity contribution in [1.29, 1.82) is 0 Å². The summed E-state index contributed by atoms with van der Waals surface area (Å²) in [6.07, 6.45) is 1.49. The van der Waals surface area contributed by atoms with Gasteiger partial charge in [-0.3, -0.25) is 4.79 Å². The van der Waals surface area contributed by atoms with Crippen LogP contribution in [-0.4, -0.2) is 24.1 Å². The van der Waals surface area contributed by atoms with E-state index in [0.29, 0.717) is 17.2 Å². The fourth-order valence-corrected chi connectivity index (χ4v) is 5.91. The van der Waals surface area contributed by atoms with E-state index in [2.05, 4.69) is 72.7 Å². The predicted octanol–water partition coefficient (Wildman–Crippen LogP) is 10.5. The molecular weight excluding hydrogens is 624 g/mol. The fraction of sp³-hybridized carbons (Fsp3) is 0.409. The summed E-state index contributed by atoms with van der Waals surface area (Å²) >= 11 is 0. The van der Waals surface area contributed by atoms with Crippen molar-refractivity contribution < 1.29 is 28.5 Å². The van der Waals surface area contributed by atoms with E-state index >= 15 is 0 Å². The first-order chi connectivity index (χ1) is 23.5. The molecule has 0 heterocycles. The Morgan fingerprint density at radius 1 is 0.580 bits per heavy atom. The lowest BCUT2D eigenvalue weighted by molar-refractivity contribution is -0.141. The Hall–Kier alpha value is -4.58. The van der Waals surface area contributed by atoms with E-state index < -0.39 is 12.1 Å². The highest BCUT2D eigenvalue weighted by molar-refractivity contribution is 5.77. The highest BCUT2D eigenvalue weighted by Crippen LogP contribution is 2.37. The molecule has 0 aliphatic carbocycles. The van der Waals surface area contributed by atoms with Crippen LogP contribution >= 0.6 is 0 Å². The molecule has 4 rings (SSSR count). The largest absolute Gasteiger partial charge is 0.490 e. The zero-order chi connectivity index (χ0) is 36.8. The molecule has 4 aromatic rings. The Morgan fingerprint density at radius 2 is 1.04 bits per heavy atom. The first kappa shape index (κ1) is 38.2.